The molecule has 0 saturated carbocycles. The first-order valence-corrected chi connectivity index (χ1v) is 11.2. The van der Waals surface area contributed by atoms with Crippen molar-refractivity contribution in [2.75, 3.05) is 14.2 Å². The maximum Gasteiger partial charge on any atom is 0.118 e. The molecule has 0 fully saturated rings. The van der Waals surface area contributed by atoms with Crippen molar-refractivity contribution in [3.8, 4) is 33.8 Å². The number of hydrogen-bond acceptors (Lipinski definition) is 2. The zero-order valence-corrected chi connectivity index (χ0v) is 18.9. The molecule has 4 aromatic carbocycles. The zero-order valence-electron chi connectivity index (χ0n) is 18.9. The highest BCUT2D eigenvalue weighted by molar-refractivity contribution is 5.65. The van der Waals surface area contributed by atoms with Crippen LogP contribution in [-0.2, 0) is 12.8 Å². The summed E-state index contributed by atoms with van der Waals surface area (Å²) in [5.41, 5.74) is 7.72. The predicted molar refractivity (Wildman–Crippen MR) is 134 cm³/mol. The van der Waals surface area contributed by atoms with Crippen LogP contribution in [0.15, 0.2) is 97.1 Å². The van der Waals surface area contributed by atoms with E-state index < -0.39 is 0 Å². The van der Waals surface area contributed by atoms with Gasteiger partial charge in [-0.25, -0.2) is 0 Å². The molecule has 4 aromatic rings. The van der Waals surface area contributed by atoms with Crippen LogP contribution in [0.1, 0.15) is 24.0 Å². The smallest absolute Gasteiger partial charge is 0.118 e. The number of unbranched alkanes of at least 4 members (excludes halogenated alkanes) is 1. The van der Waals surface area contributed by atoms with Crippen molar-refractivity contribution in [3.63, 3.8) is 0 Å². The lowest BCUT2D eigenvalue weighted by Gasteiger charge is -2.07. The molecule has 4 rings (SSSR count). The van der Waals surface area contributed by atoms with Crippen LogP contribution in [0.5, 0.6) is 11.5 Å². The standard InChI is InChI=1S/C30H30O2/c1-31-29-19-15-27(16-20-29)25-11-7-23(8-12-25)5-3-4-6-24-9-13-26(14-10-24)28-17-21-30(32-2)22-18-28/h7-22H,3-6H2,1-2H3. The van der Waals surface area contributed by atoms with E-state index in [-0.39, 0.29) is 0 Å². The van der Waals surface area contributed by atoms with Crippen molar-refractivity contribution in [1.29, 1.82) is 0 Å². The van der Waals surface area contributed by atoms with Crippen LogP contribution in [-0.4, -0.2) is 14.2 Å². The van der Waals surface area contributed by atoms with Crippen molar-refractivity contribution in [3.05, 3.63) is 108 Å². The quantitative estimate of drug-likeness (QED) is 0.259. The number of hydrogen-bond donors (Lipinski definition) is 0. The summed E-state index contributed by atoms with van der Waals surface area (Å²) in [5, 5.41) is 0. The van der Waals surface area contributed by atoms with E-state index >= 15 is 0 Å². The fourth-order valence-corrected chi connectivity index (χ4v) is 3.95. The van der Waals surface area contributed by atoms with E-state index in [1.807, 2.05) is 24.3 Å². The van der Waals surface area contributed by atoms with Gasteiger partial charge in [-0.15, -0.1) is 0 Å². The molecule has 2 nitrogen and oxygen atoms in total. The van der Waals surface area contributed by atoms with E-state index in [9.17, 15) is 0 Å². The van der Waals surface area contributed by atoms with Crippen molar-refractivity contribution < 1.29 is 9.47 Å². The summed E-state index contributed by atoms with van der Waals surface area (Å²) in [7, 11) is 3.39. The molecule has 0 atom stereocenters. The van der Waals surface area contributed by atoms with Gasteiger partial charge in [0.1, 0.15) is 11.5 Å². The molecule has 0 aliphatic heterocycles. The minimum atomic E-state index is 0.890. The minimum absolute atomic E-state index is 0.890. The third-order valence-corrected chi connectivity index (χ3v) is 5.94. The normalized spacial score (nSPS) is 10.7. The molecule has 0 amide bonds. The predicted octanol–water partition coefficient (Wildman–Crippen LogP) is 7.60. The van der Waals surface area contributed by atoms with E-state index in [0.717, 1.165) is 24.3 Å². The van der Waals surface area contributed by atoms with Gasteiger partial charge in [0.2, 0.25) is 0 Å². The Labute approximate surface area is 191 Å². The molecule has 0 spiro atoms. The van der Waals surface area contributed by atoms with Crippen LogP contribution < -0.4 is 9.47 Å². The summed E-state index contributed by atoms with van der Waals surface area (Å²) in [6, 6.07) is 34.3. The van der Waals surface area contributed by atoms with Gasteiger partial charge >= 0.3 is 0 Å². The second-order valence-electron chi connectivity index (χ2n) is 8.06. The van der Waals surface area contributed by atoms with E-state index in [2.05, 4.69) is 72.8 Å². The van der Waals surface area contributed by atoms with E-state index in [0.29, 0.717) is 0 Å². The van der Waals surface area contributed by atoms with Crippen LogP contribution in [0.3, 0.4) is 0 Å². The Morgan fingerprint density at radius 1 is 0.406 bits per heavy atom. The highest BCUT2D eigenvalue weighted by Gasteiger charge is 2.02. The SMILES string of the molecule is COc1ccc(-c2ccc(CCCCc3ccc(-c4ccc(OC)cc4)cc3)cc2)cc1. The summed E-state index contributed by atoms with van der Waals surface area (Å²) >= 11 is 0. The van der Waals surface area contributed by atoms with Crippen LogP contribution in [0.2, 0.25) is 0 Å². The Morgan fingerprint density at radius 3 is 0.969 bits per heavy atom. The van der Waals surface area contributed by atoms with Crippen molar-refractivity contribution in [2.24, 2.45) is 0 Å². The van der Waals surface area contributed by atoms with Crippen LogP contribution in [0.25, 0.3) is 22.3 Å². The highest BCUT2D eigenvalue weighted by atomic mass is 16.5. The van der Waals surface area contributed by atoms with Gasteiger partial charge in [0.15, 0.2) is 0 Å². The molecular weight excluding hydrogens is 392 g/mol. The van der Waals surface area contributed by atoms with Crippen molar-refractivity contribution in [1.82, 2.24) is 0 Å². The molecule has 0 radical (unpaired) electrons. The maximum absolute atomic E-state index is 5.24. The lowest BCUT2D eigenvalue weighted by Crippen LogP contribution is -1.90. The summed E-state index contributed by atoms with van der Waals surface area (Å²) in [6.45, 7) is 0. The molecule has 0 bridgehead atoms. The largest absolute Gasteiger partial charge is 0.497 e. The fourth-order valence-electron chi connectivity index (χ4n) is 3.95. The van der Waals surface area contributed by atoms with Gasteiger partial charge in [-0.1, -0.05) is 72.8 Å². The molecule has 0 aliphatic rings. The average molecular weight is 423 g/mol. The van der Waals surface area contributed by atoms with Gasteiger partial charge in [0.05, 0.1) is 14.2 Å². The van der Waals surface area contributed by atoms with Gasteiger partial charge in [0, 0.05) is 0 Å². The van der Waals surface area contributed by atoms with Gasteiger partial charge in [-0.3, -0.25) is 0 Å². The summed E-state index contributed by atoms with van der Waals surface area (Å²) in [4.78, 5) is 0. The fraction of sp³-hybridized carbons (Fsp3) is 0.200. The first-order valence-electron chi connectivity index (χ1n) is 11.2. The number of ether oxygens (including phenoxy) is 2. The minimum Gasteiger partial charge on any atom is -0.497 e. The number of aryl methyl sites for hydroxylation is 2. The molecule has 0 N–H and O–H groups in total. The molecule has 0 aliphatic carbocycles. The van der Waals surface area contributed by atoms with E-state index in [1.165, 1.54) is 46.2 Å². The molecule has 162 valence electrons. The summed E-state index contributed by atoms with van der Waals surface area (Å²) in [5.74, 6) is 1.78. The average Bonchev–Trinajstić information content (AvgIpc) is 2.87. The topological polar surface area (TPSA) is 18.5 Å². The lowest BCUT2D eigenvalue weighted by atomic mass is 9.99. The molecule has 0 unspecified atom stereocenters. The number of methoxy groups -OCH3 is 2. The van der Waals surface area contributed by atoms with Crippen molar-refractivity contribution in [2.45, 2.75) is 25.7 Å². The Bertz CT molecular complexity index is 1000. The summed E-state index contributed by atoms with van der Waals surface area (Å²) in [6.07, 6.45) is 4.63. The molecule has 0 aromatic heterocycles. The lowest BCUT2D eigenvalue weighted by molar-refractivity contribution is 0.415. The van der Waals surface area contributed by atoms with Gasteiger partial charge in [-0.2, -0.15) is 0 Å². The first-order chi connectivity index (χ1) is 15.7. The Morgan fingerprint density at radius 2 is 0.688 bits per heavy atom. The van der Waals surface area contributed by atoms with Gasteiger partial charge < -0.3 is 9.47 Å². The molecule has 2 heteroatoms. The molecule has 32 heavy (non-hydrogen) atoms. The zero-order chi connectivity index (χ0) is 22.2. The van der Waals surface area contributed by atoms with Gasteiger partial charge in [-0.05, 0) is 83.3 Å². The first kappa shape index (κ1) is 21.7. The number of rotatable bonds is 9. The van der Waals surface area contributed by atoms with Crippen LogP contribution in [0.4, 0.5) is 0 Å². The Kier molecular flexibility index (Phi) is 7.24. The van der Waals surface area contributed by atoms with E-state index in [1.54, 1.807) is 14.2 Å². The van der Waals surface area contributed by atoms with E-state index in [4.69, 9.17) is 9.47 Å². The Balaban J connectivity index is 1.24. The number of benzene rings is 4. The van der Waals surface area contributed by atoms with Gasteiger partial charge in [0.25, 0.3) is 0 Å². The molecule has 0 saturated heterocycles. The highest BCUT2D eigenvalue weighted by Crippen LogP contribution is 2.24. The third kappa shape index (κ3) is 5.59. The van der Waals surface area contributed by atoms with Crippen molar-refractivity contribution >= 4 is 0 Å². The maximum atomic E-state index is 5.24. The second-order valence-corrected chi connectivity index (χ2v) is 8.06. The van der Waals surface area contributed by atoms with Crippen LogP contribution in [0, 0.1) is 0 Å². The summed E-state index contributed by atoms with van der Waals surface area (Å²) < 4.78 is 10.5. The molecule has 0 heterocycles. The third-order valence-electron chi connectivity index (χ3n) is 5.94. The monoisotopic (exact) mass is 422 g/mol. The second kappa shape index (κ2) is 10.7. The molecular formula is C30H30O2. The Hall–Kier alpha value is -3.52. The van der Waals surface area contributed by atoms with Crippen LogP contribution >= 0.6 is 0 Å².